The van der Waals surface area contributed by atoms with Crippen LogP contribution in [0.2, 0.25) is 0 Å². The SMILES string of the molecule is COc1cccc(-c2nc(-c3ccc(NC(=O)C(C)C)cc3)[nH]c2-c2ccnc(Br)c2)c1. The van der Waals surface area contributed by atoms with E-state index in [1.807, 2.05) is 74.5 Å². The van der Waals surface area contributed by atoms with Gasteiger partial charge in [-0.1, -0.05) is 26.0 Å². The third kappa shape index (κ3) is 4.73. The van der Waals surface area contributed by atoms with E-state index in [2.05, 4.69) is 31.2 Å². The molecule has 0 bridgehead atoms. The van der Waals surface area contributed by atoms with E-state index in [0.29, 0.717) is 0 Å². The van der Waals surface area contributed by atoms with E-state index in [0.717, 1.165) is 49.9 Å². The van der Waals surface area contributed by atoms with Gasteiger partial charge in [-0.05, 0) is 64.5 Å². The van der Waals surface area contributed by atoms with Gasteiger partial charge in [0.15, 0.2) is 0 Å². The number of pyridine rings is 1. The summed E-state index contributed by atoms with van der Waals surface area (Å²) in [7, 11) is 1.65. The minimum atomic E-state index is -0.0765. The van der Waals surface area contributed by atoms with Crippen molar-refractivity contribution in [2.24, 2.45) is 5.92 Å². The van der Waals surface area contributed by atoms with Crippen molar-refractivity contribution in [1.82, 2.24) is 15.0 Å². The van der Waals surface area contributed by atoms with Crippen LogP contribution >= 0.6 is 15.9 Å². The Morgan fingerprint density at radius 3 is 2.50 bits per heavy atom. The number of benzene rings is 2. The number of halogens is 1. The van der Waals surface area contributed by atoms with Crippen molar-refractivity contribution in [2.45, 2.75) is 13.8 Å². The Balaban J connectivity index is 1.76. The molecule has 0 spiro atoms. The zero-order valence-electron chi connectivity index (χ0n) is 18.0. The van der Waals surface area contributed by atoms with E-state index in [1.165, 1.54) is 0 Å². The number of hydrogen-bond acceptors (Lipinski definition) is 4. The molecule has 4 rings (SSSR count). The van der Waals surface area contributed by atoms with Crippen LogP contribution in [0.4, 0.5) is 5.69 Å². The highest BCUT2D eigenvalue weighted by Crippen LogP contribution is 2.35. The molecule has 4 aromatic rings. The molecule has 0 saturated heterocycles. The normalized spacial score (nSPS) is 10.9. The summed E-state index contributed by atoms with van der Waals surface area (Å²) in [4.78, 5) is 24.6. The molecule has 162 valence electrons. The molecule has 2 aromatic carbocycles. The smallest absolute Gasteiger partial charge is 0.226 e. The maximum Gasteiger partial charge on any atom is 0.226 e. The first-order valence-corrected chi connectivity index (χ1v) is 11.0. The van der Waals surface area contributed by atoms with Crippen LogP contribution in [0.25, 0.3) is 33.9 Å². The number of rotatable bonds is 6. The lowest BCUT2D eigenvalue weighted by atomic mass is 10.1. The van der Waals surface area contributed by atoms with Crippen LogP contribution in [-0.4, -0.2) is 28.0 Å². The number of carbonyl (C=O) groups is 1. The molecule has 0 radical (unpaired) electrons. The minimum Gasteiger partial charge on any atom is -0.497 e. The molecule has 6 nitrogen and oxygen atoms in total. The van der Waals surface area contributed by atoms with Crippen LogP contribution in [0.3, 0.4) is 0 Å². The van der Waals surface area contributed by atoms with E-state index in [1.54, 1.807) is 13.3 Å². The van der Waals surface area contributed by atoms with Crippen LogP contribution in [0, 0.1) is 5.92 Å². The number of ether oxygens (including phenoxy) is 1. The standard InChI is InChI=1S/C25H23BrN4O2/c1-15(2)25(31)28-19-9-7-16(8-10-19)24-29-22(17-5-4-6-20(13-17)32-3)23(30-24)18-11-12-27-21(26)14-18/h4-15H,1-3H3,(H,28,31)(H,29,30). The molecule has 7 heteroatoms. The van der Waals surface area contributed by atoms with Gasteiger partial charge in [0.1, 0.15) is 16.2 Å². The Bertz CT molecular complexity index is 1250. The zero-order valence-corrected chi connectivity index (χ0v) is 19.6. The second-order valence-corrected chi connectivity index (χ2v) is 8.44. The Hall–Kier alpha value is -3.45. The monoisotopic (exact) mass is 490 g/mol. The average molecular weight is 491 g/mol. The summed E-state index contributed by atoms with van der Waals surface area (Å²) in [5.74, 6) is 1.40. The highest BCUT2D eigenvalue weighted by Gasteiger charge is 2.17. The fraction of sp³-hybridized carbons (Fsp3) is 0.160. The minimum absolute atomic E-state index is 0.0124. The lowest BCUT2D eigenvalue weighted by Crippen LogP contribution is -2.17. The third-order valence-corrected chi connectivity index (χ3v) is 5.45. The van der Waals surface area contributed by atoms with Gasteiger partial charge in [-0.2, -0.15) is 0 Å². The van der Waals surface area contributed by atoms with E-state index in [4.69, 9.17) is 9.72 Å². The van der Waals surface area contributed by atoms with Gasteiger partial charge in [0.2, 0.25) is 5.91 Å². The van der Waals surface area contributed by atoms with Gasteiger partial charge in [-0.15, -0.1) is 0 Å². The summed E-state index contributed by atoms with van der Waals surface area (Å²) in [6.45, 7) is 3.73. The number of imidazole rings is 1. The second kappa shape index (κ2) is 9.36. The molecular formula is C25H23BrN4O2. The van der Waals surface area contributed by atoms with Gasteiger partial charge in [-0.25, -0.2) is 9.97 Å². The summed E-state index contributed by atoms with van der Waals surface area (Å²) < 4.78 is 6.15. The number of aromatic amines is 1. The lowest BCUT2D eigenvalue weighted by molar-refractivity contribution is -0.118. The quantitative estimate of drug-likeness (QED) is 0.316. The summed E-state index contributed by atoms with van der Waals surface area (Å²) in [5, 5.41) is 2.91. The summed E-state index contributed by atoms with van der Waals surface area (Å²) >= 11 is 3.45. The van der Waals surface area contributed by atoms with Gasteiger partial charge in [-0.3, -0.25) is 4.79 Å². The fourth-order valence-electron chi connectivity index (χ4n) is 3.25. The first-order chi connectivity index (χ1) is 15.4. The Kier molecular flexibility index (Phi) is 6.37. The van der Waals surface area contributed by atoms with Gasteiger partial charge in [0.05, 0.1) is 18.5 Å². The van der Waals surface area contributed by atoms with Crippen molar-refractivity contribution in [1.29, 1.82) is 0 Å². The Labute approximate surface area is 195 Å². The van der Waals surface area contributed by atoms with Crippen LogP contribution in [0.5, 0.6) is 5.75 Å². The maximum atomic E-state index is 12.0. The van der Waals surface area contributed by atoms with Gasteiger partial charge >= 0.3 is 0 Å². The van der Waals surface area contributed by atoms with Crippen molar-refractivity contribution in [3.63, 3.8) is 0 Å². The number of aromatic nitrogens is 3. The molecule has 0 unspecified atom stereocenters. The molecule has 0 fully saturated rings. The number of anilines is 1. The van der Waals surface area contributed by atoms with Crippen molar-refractivity contribution in [2.75, 3.05) is 12.4 Å². The van der Waals surface area contributed by atoms with Crippen LogP contribution in [0.1, 0.15) is 13.8 Å². The zero-order chi connectivity index (χ0) is 22.7. The molecule has 0 aliphatic carbocycles. The molecule has 0 aliphatic rings. The molecule has 2 heterocycles. The molecule has 0 saturated carbocycles. The number of nitrogens with zero attached hydrogens (tertiary/aromatic N) is 2. The molecule has 1 amide bonds. The predicted molar refractivity (Wildman–Crippen MR) is 130 cm³/mol. The lowest BCUT2D eigenvalue weighted by Gasteiger charge is -2.07. The highest BCUT2D eigenvalue weighted by molar-refractivity contribution is 9.10. The first kappa shape index (κ1) is 21.8. The van der Waals surface area contributed by atoms with E-state index < -0.39 is 0 Å². The Morgan fingerprint density at radius 1 is 1.03 bits per heavy atom. The molecule has 2 aromatic heterocycles. The molecule has 0 atom stereocenters. The predicted octanol–water partition coefficient (Wildman–Crippen LogP) is 6.17. The van der Waals surface area contributed by atoms with Crippen molar-refractivity contribution < 1.29 is 9.53 Å². The number of methoxy groups -OCH3 is 1. The molecule has 0 aliphatic heterocycles. The highest BCUT2D eigenvalue weighted by atomic mass is 79.9. The molecule has 2 N–H and O–H groups in total. The second-order valence-electron chi connectivity index (χ2n) is 7.63. The summed E-state index contributed by atoms with van der Waals surface area (Å²) in [5.41, 5.74) is 5.27. The Morgan fingerprint density at radius 2 is 1.81 bits per heavy atom. The molecule has 32 heavy (non-hydrogen) atoms. The maximum absolute atomic E-state index is 12.0. The third-order valence-electron chi connectivity index (χ3n) is 5.01. The number of carbonyl (C=O) groups excluding carboxylic acids is 1. The number of nitrogens with one attached hydrogen (secondary N) is 2. The molecular weight excluding hydrogens is 468 g/mol. The van der Waals surface area contributed by atoms with Crippen molar-refractivity contribution in [3.05, 3.63) is 71.5 Å². The van der Waals surface area contributed by atoms with Gasteiger partial charge in [0, 0.05) is 34.5 Å². The van der Waals surface area contributed by atoms with Crippen LogP contribution in [0.15, 0.2) is 71.5 Å². The van der Waals surface area contributed by atoms with Crippen LogP contribution in [-0.2, 0) is 4.79 Å². The first-order valence-electron chi connectivity index (χ1n) is 10.2. The summed E-state index contributed by atoms with van der Waals surface area (Å²) in [6, 6.07) is 19.4. The van der Waals surface area contributed by atoms with E-state index in [9.17, 15) is 4.79 Å². The summed E-state index contributed by atoms with van der Waals surface area (Å²) in [6.07, 6.45) is 1.75. The average Bonchev–Trinajstić information content (AvgIpc) is 3.25. The largest absolute Gasteiger partial charge is 0.497 e. The van der Waals surface area contributed by atoms with E-state index in [-0.39, 0.29) is 11.8 Å². The van der Waals surface area contributed by atoms with Crippen LogP contribution < -0.4 is 10.1 Å². The van der Waals surface area contributed by atoms with Crippen molar-refractivity contribution >= 4 is 27.5 Å². The van der Waals surface area contributed by atoms with Crippen molar-refractivity contribution in [3.8, 4) is 39.7 Å². The number of amides is 1. The topological polar surface area (TPSA) is 79.9 Å². The fourth-order valence-corrected chi connectivity index (χ4v) is 3.62. The van der Waals surface area contributed by atoms with Gasteiger partial charge < -0.3 is 15.0 Å². The number of H-pyrrole nitrogens is 1. The number of hydrogen-bond donors (Lipinski definition) is 2. The van der Waals surface area contributed by atoms with E-state index >= 15 is 0 Å². The van der Waals surface area contributed by atoms with Gasteiger partial charge in [0.25, 0.3) is 0 Å².